The standard InChI is InChI=1S/C16H12BrNO2/c17-13-6-2-4-8-16(13)20-10-15(19)12-9-18-14-7-3-1-5-11(12)14/h1-9,18H,10H2. The molecule has 0 bridgehead atoms. The second-order valence-corrected chi connectivity index (χ2v) is 5.24. The molecule has 0 atom stereocenters. The minimum Gasteiger partial charge on any atom is -0.484 e. The number of carbonyl (C=O) groups excluding carboxylic acids is 1. The van der Waals surface area contributed by atoms with E-state index in [-0.39, 0.29) is 12.4 Å². The molecule has 0 fully saturated rings. The van der Waals surface area contributed by atoms with Crippen molar-refractivity contribution in [2.24, 2.45) is 0 Å². The Morgan fingerprint density at radius 2 is 1.85 bits per heavy atom. The molecule has 3 aromatic rings. The van der Waals surface area contributed by atoms with Crippen molar-refractivity contribution in [2.45, 2.75) is 0 Å². The van der Waals surface area contributed by atoms with E-state index >= 15 is 0 Å². The van der Waals surface area contributed by atoms with Crippen molar-refractivity contribution in [3.8, 4) is 5.75 Å². The van der Waals surface area contributed by atoms with Crippen molar-refractivity contribution in [3.05, 3.63) is 64.8 Å². The fraction of sp³-hybridized carbons (Fsp3) is 0.0625. The third-order valence-corrected chi connectivity index (χ3v) is 3.74. The summed E-state index contributed by atoms with van der Waals surface area (Å²) in [7, 11) is 0. The second kappa shape index (κ2) is 5.51. The SMILES string of the molecule is O=C(COc1ccccc1Br)c1c[nH]c2ccccc12. The summed E-state index contributed by atoms with van der Waals surface area (Å²) in [6.07, 6.45) is 1.73. The van der Waals surface area contributed by atoms with Gasteiger partial charge < -0.3 is 9.72 Å². The Labute approximate surface area is 124 Å². The van der Waals surface area contributed by atoms with E-state index in [1.807, 2.05) is 48.5 Å². The molecule has 0 spiro atoms. The Morgan fingerprint density at radius 3 is 2.70 bits per heavy atom. The summed E-state index contributed by atoms with van der Waals surface area (Å²) < 4.78 is 6.40. The van der Waals surface area contributed by atoms with Crippen LogP contribution in [0, 0.1) is 0 Å². The Balaban J connectivity index is 1.79. The topological polar surface area (TPSA) is 42.1 Å². The molecule has 3 nitrogen and oxygen atoms in total. The predicted molar refractivity (Wildman–Crippen MR) is 82.3 cm³/mol. The minimum absolute atomic E-state index is 0.0183. The van der Waals surface area contributed by atoms with Gasteiger partial charge in [-0.3, -0.25) is 4.79 Å². The van der Waals surface area contributed by atoms with E-state index in [1.165, 1.54) is 0 Å². The number of para-hydroxylation sites is 2. The van der Waals surface area contributed by atoms with Crippen LogP contribution in [-0.2, 0) is 0 Å². The second-order valence-electron chi connectivity index (χ2n) is 4.39. The molecule has 4 heteroatoms. The third kappa shape index (κ3) is 2.47. The zero-order valence-corrected chi connectivity index (χ0v) is 12.2. The number of hydrogen-bond donors (Lipinski definition) is 1. The van der Waals surface area contributed by atoms with Crippen LogP contribution in [0.2, 0.25) is 0 Å². The number of ketones is 1. The lowest BCUT2D eigenvalue weighted by Crippen LogP contribution is -2.11. The minimum atomic E-state index is -0.0433. The number of carbonyl (C=O) groups is 1. The molecule has 1 N–H and O–H groups in total. The van der Waals surface area contributed by atoms with Crippen molar-refractivity contribution in [2.75, 3.05) is 6.61 Å². The monoisotopic (exact) mass is 329 g/mol. The maximum atomic E-state index is 12.2. The maximum Gasteiger partial charge on any atom is 0.202 e. The van der Waals surface area contributed by atoms with Gasteiger partial charge in [-0.05, 0) is 34.1 Å². The van der Waals surface area contributed by atoms with Gasteiger partial charge in [0.05, 0.1) is 4.47 Å². The molecule has 0 aliphatic carbocycles. The normalized spacial score (nSPS) is 10.7. The van der Waals surface area contributed by atoms with Gasteiger partial charge in [0.25, 0.3) is 0 Å². The van der Waals surface area contributed by atoms with Gasteiger partial charge in [-0.1, -0.05) is 30.3 Å². The largest absolute Gasteiger partial charge is 0.484 e. The highest BCUT2D eigenvalue weighted by Gasteiger charge is 2.12. The number of ether oxygens (including phenoxy) is 1. The van der Waals surface area contributed by atoms with Crippen LogP contribution < -0.4 is 4.74 Å². The van der Waals surface area contributed by atoms with E-state index in [0.717, 1.165) is 15.4 Å². The molecule has 0 amide bonds. The van der Waals surface area contributed by atoms with Crippen LogP contribution in [0.1, 0.15) is 10.4 Å². The van der Waals surface area contributed by atoms with Crippen LogP contribution in [0.4, 0.5) is 0 Å². The first-order chi connectivity index (χ1) is 9.75. The van der Waals surface area contributed by atoms with Gasteiger partial charge in [-0.2, -0.15) is 0 Å². The lowest BCUT2D eigenvalue weighted by Gasteiger charge is -2.06. The van der Waals surface area contributed by atoms with Crippen molar-refractivity contribution >= 4 is 32.6 Å². The van der Waals surface area contributed by atoms with E-state index in [0.29, 0.717) is 11.3 Å². The Morgan fingerprint density at radius 1 is 1.10 bits per heavy atom. The molecule has 0 saturated carbocycles. The van der Waals surface area contributed by atoms with Crippen LogP contribution in [-0.4, -0.2) is 17.4 Å². The summed E-state index contributed by atoms with van der Waals surface area (Å²) in [6, 6.07) is 15.2. The van der Waals surface area contributed by atoms with Gasteiger partial charge in [0.2, 0.25) is 5.78 Å². The van der Waals surface area contributed by atoms with Crippen LogP contribution >= 0.6 is 15.9 Å². The fourth-order valence-corrected chi connectivity index (χ4v) is 2.48. The van der Waals surface area contributed by atoms with Gasteiger partial charge in [0.15, 0.2) is 6.61 Å². The van der Waals surface area contributed by atoms with Gasteiger partial charge in [-0.25, -0.2) is 0 Å². The number of fused-ring (bicyclic) bond motifs is 1. The highest BCUT2D eigenvalue weighted by Crippen LogP contribution is 2.24. The molecular weight excluding hydrogens is 318 g/mol. The molecule has 1 aromatic heterocycles. The molecule has 100 valence electrons. The molecule has 0 saturated heterocycles. The number of aromatic amines is 1. The molecule has 0 aliphatic rings. The Kier molecular flexibility index (Phi) is 3.56. The number of benzene rings is 2. The summed E-state index contributed by atoms with van der Waals surface area (Å²) in [5.74, 6) is 0.624. The van der Waals surface area contributed by atoms with Crippen molar-refractivity contribution in [1.82, 2.24) is 4.98 Å². The lowest BCUT2D eigenvalue weighted by molar-refractivity contribution is 0.0922. The van der Waals surface area contributed by atoms with Gasteiger partial charge in [-0.15, -0.1) is 0 Å². The summed E-state index contributed by atoms with van der Waals surface area (Å²) in [4.78, 5) is 15.3. The lowest BCUT2D eigenvalue weighted by atomic mass is 10.1. The summed E-state index contributed by atoms with van der Waals surface area (Å²) >= 11 is 3.39. The first-order valence-electron chi connectivity index (χ1n) is 6.22. The van der Waals surface area contributed by atoms with Crippen LogP contribution in [0.5, 0.6) is 5.75 Å². The number of Topliss-reactive ketones (excluding diaryl/α,β-unsaturated/α-hetero) is 1. The first-order valence-corrected chi connectivity index (χ1v) is 7.01. The Hall–Kier alpha value is -2.07. The van der Waals surface area contributed by atoms with E-state index in [1.54, 1.807) is 6.20 Å². The number of hydrogen-bond acceptors (Lipinski definition) is 2. The molecular formula is C16H12BrNO2. The van der Waals surface area contributed by atoms with E-state index in [2.05, 4.69) is 20.9 Å². The number of halogens is 1. The van der Waals surface area contributed by atoms with Gasteiger partial charge in [0, 0.05) is 22.7 Å². The summed E-state index contributed by atoms with van der Waals surface area (Å²) in [5.41, 5.74) is 1.62. The van der Waals surface area contributed by atoms with E-state index in [4.69, 9.17) is 4.74 Å². The average molecular weight is 330 g/mol. The van der Waals surface area contributed by atoms with Crippen molar-refractivity contribution in [1.29, 1.82) is 0 Å². The number of rotatable bonds is 4. The first kappa shape index (κ1) is 12.9. The van der Waals surface area contributed by atoms with Gasteiger partial charge >= 0.3 is 0 Å². The third-order valence-electron chi connectivity index (χ3n) is 3.09. The van der Waals surface area contributed by atoms with Crippen molar-refractivity contribution in [3.63, 3.8) is 0 Å². The van der Waals surface area contributed by atoms with E-state index in [9.17, 15) is 4.79 Å². The zero-order valence-electron chi connectivity index (χ0n) is 10.6. The predicted octanol–water partition coefficient (Wildman–Crippen LogP) is 4.19. The summed E-state index contributed by atoms with van der Waals surface area (Å²) in [6.45, 7) is 0.0183. The molecule has 20 heavy (non-hydrogen) atoms. The van der Waals surface area contributed by atoms with Crippen LogP contribution in [0.3, 0.4) is 0 Å². The highest BCUT2D eigenvalue weighted by atomic mass is 79.9. The molecule has 2 aromatic carbocycles. The van der Waals surface area contributed by atoms with Crippen LogP contribution in [0.15, 0.2) is 59.2 Å². The zero-order chi connectivity index (χ0) is 13.9. The molecule has 0 unspecified atom stereocenters. The number of aromatic nitrogens is 1. The van der Waals surface area contributed by atoms with Gasteiger partial charge in [0.1, 0.15) is 5.75 Å². The molecule has 3 rings (SSSR count). The smallest absolute Gasteiger partial charge is 0.202 e. The van der Waals surface area contributed by atoms with E-state index < -0.39 is 0 Å². The maximum absolute atomic E-state index is 12.2. The average Bonchev–Trinajstić information content (AvgIpc) is 2.90. The molecule has 0 aliphatic heterocycles. The summed E-state index contributed by atoms with van der Waals surface area (Å²) in [5, 5.41) is 0.924. The number of nitrogens with one attached hydrogen (secondary N) is 1. The van der Waals surface area contributed by atoms with Crippen molar-refractivity contribution < 1.29 is 9.53 Å². The molecule has 0 radical (unpaired) electrons. The molecule has 1 heterocycles. The van der Waals surface area contributed by atoms with Crippen LogP contribution in [0.25, 0.3) is 10.9 Å². The quantitative estimate of drug-likeness (QED) is 0.729. The number of H-pyrrole nitrogens is 1. The fourth-order valence-electron chi connectivity index (χ4n) is 2.09. The Bertz CT molecular complexity index is 764. The highest BCUT2D eigenvalue weighted by molar-refractivity contribution is 9.10.